The van der Waals surface area contributed by atoms with Crippen LogP contribution in [0.15, 0.2) is 41.3 Å². The van der Waals surface area contributed by atoms with Gasteiger partial charge in [-0.3, -0.25) is 19.3 Å². The number of phenolic OH excluding ortho intramolecular Hbond substituents is 1. The Bertz CT molecular complexity index is 1030. The summed E-state index contributed by atoms with van der Waals surface area (Å²) in [5, 5.41) is 11.8. The van der Waals surface area contributed by atoms with Crippen molar-refractivity contribution in [2.24, 2.45) is 0 Å². The van der Waals surface area contributed by atoms with E-state index in [2.05, 4.69) is 5.32 Å². The predicted molar refractivity (Wildman–Crippen MR) is 109 cm³/mol. The standard InChI is InChI=1S/C20H17FN2O6S/c1-28-14-6-11(7-15(29-2)18(14)25)8-16-19(26)23(20(27)30-16)10-17(24)22-13-5-3-4-12(21)9-13/h3-9,25H,10H2,1-2H3,(H,22,24)/b16-8+. The number of carbonyl (C=O) groups excluding carboxylic acids is 3. The highest BCUT2D eigenvalue weighted by molar-refractivity contribution is 8.18. The van der Waals surface area contributed by atoms with Gasteiger partial charge in [-0.15, -0.1) is 0 Å². The summed E-state index contributed by atoms with van der Waals surface area (Å²) in [6.45, 7) is -0.513. The number of methoxy groups -OCH3 is 2. The molecule has 0 spiro atoms. The third kappa shape index (κ3) is 4.54. The molecule has 10 heteroatoms. The minimum absolute atomic E-state index is 0.0911. The Morgan fingerprint density at radius 3 is 2.47 bits per heavy atom. The molecule has 0 radical (unpaired) electrons. The topological polar surface area (TPSA) is 105 Å². The number of imide groups is 1. The van der Waals surface area contributed by atoms with Crippen molar-refractivity contribution in [3.05, 3.63) is 52.7 Å². The van der Waals surface area contributed by atoms with E-state index in [1.165, 1.54) is 50.6 Å². The van der Waals surface area contributed by atoms with E-state index in [0.29, 0.717) is 17.3 Å². The number of carbonyl (C=O) groups is 3. The van der Waals surface area contributed by atoms with Crippen molar-refractivity contribution >= 4 is 40.6 Å². The molecule has 1 saturated heterocycles. The summed E-state index contributed by atoms with van der Waals surface area (Å²) in [5.41, 5.74) is 0.669. The molecule has 0 bridgehead atoms. The second-order valence-corrected chi connectivity index (χ2v) is 7.09. The zero-order valence-electron chi connectivity index (χ0n) is 16.0. The molecule has 3 rings (SSSR count). The van der Waals surface area contributed by atoms with Crippen LogP contribution in [-0.4, -0.2) is 47.8 Å². The monoisotopic (exact) mass is 432 g/mol. The highest BCUT2D eigenvalue weighted by Gasteiger charge is 2.36. The molecule has 1 heterocycles. The average Bonchev–Trinajstić information content (AvgIpc) is 2.96. The number of benzene rings is 2. The van der Waals surface area contributed by atoms with Crippen molar-refractivity contribution in [3.63, 3.8) is 0 Å². The number of nitrogens with one attached hydrogen (secondary N) is 1. The van der Waals surface area contributed by atoms with Gasteiger partial charge in [0.05, 0.1) is 19.1 Å². The zero-order chi connectivity index (χ0) is 21.8. The second-order valence-electron chi connectivity index (χ2n) is 6.10. The maximum absolute atomic E-state index is 13.2. The lowest BCUT2D eigenvalue weighted by molar-refractivity contribution is -0.127. The molecule has 0 aliphatic carbocycles. The normalized spacial score (nSPS) is 14.9. The fraction of sp³-hybridized carbons (Fsp3) is 0.150. The molecule has 30 heavy (non-hydrogen) atoms. The number of hydrogen-bond donors (Lipinski definition) is 2. The van der Waals surface area contributed by atoms with Gasteiger partial charge in [-0.1, -0.05) is 6.07 Å². The maximum Gasteiger partial charge on any atom is 0.294 e. The van der Waals surface area contributed by atoms with Crippen LogP contribution in [0.4, 0.5) is 14.9 Å². The summed E-state index contributed by atoms with van der Waals surface area (Å²) in [4.78, 5) is 37.9. The van der Waals surface area contributed by atoms with E-state index >= 15 is 0 Å². The molecule has 156 valence electrons. The highest BCUT2D eigenvalue weighted by Crippen LogP contribution is 2.39. The lowest BCUT2D eigenvalue weighted by atomic mass is 10.1. The van der Waals surface area contributed by atoms with E-state index in [4.69, 9.17) is 9.47 Å². The fourth-order valence-electron chi connectivity index (χ4n) is 2.70. The summed E-state index contributed by atoms with van der Waals surface area (Å²) in [5.74, 6) is -1.74. The Hall–Kier alpha value is -3.53. The molecule has 0 atom stereocenters. The largest absolute Gasteiger partial charge is 0.502 e. The minimum atomic E-state index is -0.648. The van der Waals surface area contributed by atoms with Gasteiger partial charge in [-0.05, 0) is 53.7 Å². The first-order valence-corrected chi connectivity index (χ1v) is 9.39. The van der Waals surface area contributed by atoms with E-state index in [1.54, 1.807) is 0 Å². The molecule has 0 saturated carbocycles. The molecule has 2 N–H and O–H groups in total. The number of aromatic hydroxyl groups is 1. The molecule has 8 nitrogen and oxygen atoms in total. The molecule has 0 unspecified atom stereocenters. The first-order valence-electron chi connectivity index (χ1n) is 8.58. The van der Waals surface area contributed by atoms with Gasteiger partial charge in [0.1, 0.15) is 12.4 Å². The van der Waals surface area contributed by atoms with Crippen molar-refractivity contribution in [1.29, 1.82) is 0 Å². The zero-order valence-corrected chi connectivity index (χ0v) is 16.8. The summed E-state index contributed by atoms with van der Waals surface area (Å²) < 4.78 is 23.4. The van der Waals surface area contributed by atoms with Crippen molar-refractivity contribution in [2.75, 3.05) is 26.1 Å². The van der Waals surface area contributed by atoms with Crippen LogP contribution in [0.1, 0.15) is 5.56 Å². The molecule has 0 aromatic heterocycles. The van der Waals surface area contributed by atoms with Gasteiger partial charge < -0.3 is 19.9 Å². The molecular weight excluding hydrogens is 415 g/mol. The van der Waals surface area contributed by atoms with Gasteiger partial charge in [0, 0.05) is 5.69 Å². The Labute approximate surface area is 175 Å². The predicted octanol–water partition coefficient (Wildman–Crippen LogP) is 3.22. The van der Waals surface area contributed by atoms with Crippen LogP contribution in [0.2, 0.25) is 0 Å². The van der Waals surface area contributed by atoms with E-state index < -0.39 is 29.4 Å². The lowest BCUT2D eigenvalue weighted by Gasteiger charge is -2.12. The number of halogens is 1. The van der Waals surface area contributed by atoms with Crippen molar-refractivity contribution in [3.8, 4) is 17.2 Å². The fourth-order valence-corrected chi connectivity index (χ4v) is 3.53. The van der Waals surface area contributed by atoms with Crippen LogP contribution in [0, 0.1) is 5.82 Å². The van der Waals surface area contributed by atoms with Crippen LogP contribution < -0.4 is 14.8 Å². The third-order valence-corrected chi connectivity index (χ3v) is 4.99. The third-order valence-electron chi connectivity index (χ3n) is 4.08. The first-order chi connectivity index (χ1) is 14.3. The van der Waals surface area contributed by atoms with Crippen molar-refractivity contribution in [2.45, 2.75) is 0 Å². The van der Waals surface area contributed by atoms with Gasteiger partial charge in [-0.25, -0.2) is 4.39 Å². The Balaban J connectivity index is 1.77. The second kappa shape index (κ2) is 8.87. The highest BCUT2D eigenvalue weighted by atomic mass is 32.2. The van der Waals surface area contributed by atoms with Crippen LogP contribution in [0.25, 0.3) is 6.08 Å². The number of thioether (sulfide) groups is 1. The van der Waals surface area contributed by atoms with Gasteiger partial charge >= 0.3 is 0 Å². The number of rotatable bonds is 6. The minimum Gasteiger partial charge on any atom is -0.502 e. The lowest BCUT2D eigenvalue weighted by Crippen LogP contribution is -2.36. The van der Waals surface area contributed by atoms with E-state index in [-0.39, 0.29) is 27.8 Å². The average molecular weight is 432 g/mol. The SMILES string of the molecule is COc1cc(/C=C2/SC(=O)N(CC(=O)Nc3cccc(F)c3)C2=O)cc(OC)c1O. The first kappa shape index (κ1) is 21.2. The number of phenols is 1. The van der Waals surface area contributed by atoms with E-state index in [9.17, 15) is 23.9 Å². The summed E-state index contributed by atoms with van der Waals surface area (Å²) in [6.07, 6.45) is 1.43. The summed E-state index contributed by atoms with van der Waals surface area (Å²) in [7, 11) is 2.73. The van der Waals surface area contributed by atoms with Crippen LogP contribution >= 0.6 is 11.8 Å². The van der Waals surface area contributed by atoms with Gasteiger partial charge in [-0.2, -0.15) is 0 Å². The molecular formula is C20H17FN2O6S. The van der Waals surface area contributed by atoms with Gasteiger partial charge in [0.15, 0.2) is 11.5 Å². The number of nitrogens with zero attached hydrogens (tertiary/aromatic N) is 1. The smallest absolute Gasteiger partial charge is 0.294 e. The number of ether oxygens (including phenoxy) is 2. The van der Waals surface area contributed by atoms with Gasteiger partial charge in [0.2, 0.25) is 11.7 Å². The Kier molecular flexibility index (Phi) is 6.26. The summed E-state index contributed by atoms with van der Waals surface area (Å²) >= 11 is 0.673. The molecule has 1 aliphatic rings. The van der Waals surface area contributed by atoms with Crippen molar-refractivity contribution < 1.29 is 33.4 Å². The summed E-state index contributed by atoms with van der Waals surface area (Å²) in [6, 6.07) is 8.21. The Morgan fingerprint density at radius 1 is 1.20 bits per heavy atom. The molecule has 1 fully saturated rings. The quantitative estimate of drug-likeness (QED) is 0.675. The maximum atomic E-state index is 13.2. The van der Waals surface area contributed by atoms with Gasteiger partial charge in [0.25, 0.3) is 11.1 Å². The van der Waals surface area contributed by atoms with E-state index in [0.717, 1.165) is 11.0 Å². The molecule has 3 amide bonds. The van der Waals surface area contributed by atoms with Crippen LogP contribution in [0.3, 0.4) is 0 Å². The number of anilines is 1. The van der Waals surface area contributed by atoms with Crippen molar-refractivity contribution in [1.82, 2.24) is 4.90 Å². The molecule has 2 aromatic rings. The molecule has 2 aromatic carbocycles. The van der Waals surface area contributed by atoms with Crippen LogP contribution in [-0.2, 0) is 9.59 Å². The number of amides is 3. The molecule has 1 aliphatic heterocycles. The van der Waals surface area contributed by atoms with E-state index in [1.807, 2.05) is 0 Å². The van der Waals surface area contributed by atoms with Crippen LogP contribution in [0.5, 0.6) is 17.2 Å². The number of hydrogen-bond acceptors (Lipinski definition) is 7. The Morgan fingerprint density at radius 2 is 1.87 bits per heavy atom.